The van der Waals surface area contributed by atoms with Crippen LogP contribution in [0.15, 0.2) is 0 Å². The molecule has 0 spiro atoms. The molecule has 0 aromatic carbocycles. The van der Waals surface area contributed by atoms with Crippen LogP contribution in [0.2, 0.25) is 5.31 Å². The zero-order valence-corrected chi connectivity index (χ0v) is 18.6. The smallest absolute Gasteiger partial charge is 0.448 e. The Morgan fingerprint density at radius 1 is 1.16 bits per heavy atom. The van der Waals surface area contributed by atoms with Gasteiger partial charge >= 0.3 is 64.5 Å². The monoisotopic (exact) mass is 388 g/mol. The summed E-state index contributed by atoms with van der Waals surface area (Å²) in [6.07, 6.45) is -0.147. The van der Waals surface area contributed by atoms with E-state index < -0.39 is 23.5 Å². The average molecular weight is 388 g/mol. The Labute approximate surface area is 189 Å². The summed E-state index contributed by atoms with van der Waals surface area (Å²) in [5.41, 5.74) is -1.16. The topological polar surface area (TPSA) is 42.0 Å². The van der Waals surface area contributed by atoms with Gasteiger partial charge in [0.2, 0.25) is 0 Å². The third kappa shape index (κ3) is 4.57. The van der Waals surface area contributed by atoms with E-state index in [4.69, 9.17) is 9.47 Å². The summed E-state index contributed by atoms with van der Waals surface area (Å²) in [5, 5.41) is -1.56. The van der Waals surface area contributed by atoms with E-state index >= 15 is 0 Å². The van der Waals surface area contributed by atoms with Crippen molar-refractivity contribution < 1.29 is 78.6 Å². The van der Waals surface area contributed by atoms with Crippen LogP contribution in [0.4, 0.5) is 17.7 Å². The molecule has 0 unspecified atom stereocenters. The molecule has 0 aromatic heterocycles. The van der Waals surface area contributed by atoms with E-state index in [2.05, 4.69) is 4.90 Å². The molecule has 5 nitrogen and oxygen atoms in total. The molecule has 0 aromatic rings. The summed E-state index contributed by atoms with van der Waals surface area (Å²) in [7, 11) is 0. The van der Waals surface area contributed by atoms with Crippen LogP contribution in [0.3, 0.4) is 0 Å². The van der Waals surface area contributed by atoms with Gasteiger partial charge in [-0.1, -0.05) is 0 Å². The van der Waals surface area contributed by atoms with Crippen LogP contribution in [0.5, 0.6) is 0 Å². The molecule has 3 saturated heterocycles. The summed E-state index contributed by atoms with van der Waals surface area (Å²) in [6.45, 7) is 3.27. The van der Waals surface area contributed by atoms with Crippen LogP contribution < -0.4 is 51.4 Å². The van der Waals surface area contributed by atoms with Crippen molar-refractivity contribution in [1.29, 1.82) is 0 Å². The normalized spacial score (nSPS) is 32.8. The summed E-state index contributed by atoms with van der Waals surface area (Å²) in [6, 6.07) is 0. The Bertz CT molecular complexity index is 513. The minimum Gasteiger partial charge on any atom is -0.448 e. The number of fused-ring (bicyclic) bond motifs is 1. The van der Waals surface area contributed by atoms with Gasteiger partial charge in [-0.3, -0.25) is 4.90 Å². The second-order valence-corrected chi connectivity index (χ2v) is 8.51. The maximum atomic E-state index is 13.1. The quantitative estimate of drug-likeness (QED) is 0.623. The summed E-state index contributed by atoms with van der Waals surface area (Å²) in [4.78, 5) is 15.8. The zero-order valence-electron chi connectivity index (χ0n) is 15.5. The van der Waals surface area contributed by atoms with Gasteiger partial charge < -0.3 is 27.3 Å². The minimum atomic E-state index is -4.84. The van der Waals surface area contributed by atoms with Gasteiger partial charge in [0, 0.05) is 39.3 Å². The number of carbonyl (C=O) groups is 1. The van der Waals surface area contributed by atoms with E-state index in [0.717, 1.165) is 0 Å². The van der Waals surface area contributed by atoms with E-state index in [1.165, 1.54) is 0 Å². The summed E-state index contributed by atoms with van der Waals surface area (Å²) in [5.74, 6) is 0. The number of carbonyl (C=O) groups excluding carboxylic acids is 1. The molecule has 4 rings (SSSR count). The van der Waals surface area contributed by atoms with Crippen LogP contribution in [0.25, 0.3) is 0 Å². The number of hydrogen-bond acceptors (Lipinski definition) is 4. The van der Waals surface area contributed by atoms with Crippen LogP contribution in [-0.4, -0.2) is 73.4 Å². The fourth-order valence-electron chi connectivity index (χ4n) is 4.04. The molecule has 1 aliphatic carbocycles. The van der Waals surface area contributed by atoms with Gasteiger partial charge in [0.05, 0.1) is 5.60 Å². The van der Waals surface area contributed by atoms with Crippen molar-refractivity contribution in [3.8, 4) is 0 Å². The van der Waals surface area contributed by atoms with E-state index in [-0.39, 0.29) is 76.9 Å². The Balaban J connectivity index is 0.00000225. The van der Waals surface area contributed by atoms with E-state index in [0.29, 0.717) is 32.7 Å². The molecule has 10 heteroatoms. The fourth-order valence-corrected chi connectivity index (χ4v) is 4.04. The van der Waals surface area contributed by atoms with Crippen molar-refractivity contribution in [3.63, 3.8) is 0 Å². The predicted molar refractivity (Wildman–Crippen MR) is 83.9 cm³/mol. The molecule has 1 saturated carbocycles. The minimum absolute atomic E-state index is 0. The van der Waals surface area contributed by atoms with Crippen molar-refractivity contribution in [2.45, 2.75) is 50.1 Å². The number of rotatable bonds is 3. The van der Waals surface area contributed by atoms with Crippen molar-refractivity contribution in [2.75, 3.05) is 39.3 Å². The Morgan fingerprint density at radius 2 is 1.72 bits per heavy atom. The van der Waals surface area contributed by atoms with E-state index in [1.54, 1.807) is 4.90 Å². The molecular formula is C15H25BF3KN2O3. The first-order valence-corrected chi connectivity index (χ1v) is 8.47. The molecule has 25 heavy (non-hydrogen) atoms. The summed E-state index contributed by atoms with van der Waals surface area (Å²) < 4.78 is 50.2. The van der Waals surface area contributed by atoms with Gasteiger partial charge in [0.25, 0.3) is 0 Å². The summed E-state index contributed by atoms with van der Waals surface area (Å²) >= 11 is 0. The number of amides is 1. The molecular weight excluding hydrogens is 363 g/mol. The SMILES string of the molecule is CC(C)(C)OC(=O)N1CCN(CC23CC([B-](F)(F)F)(CO2)C3)CC1.[K+]. The number of piperazine rings is 1. The number of halogens is 3. The van der Waals surface area contributed by atoms with Crippen molar-refractivity contribution in [1.82, 2.24) is 9.80 Å². The van der Waals surface area contributed by atoms with Crippen molar-refractivity contribution in [2.24, 2.45) is 0 Å². The molecule has 0 N–H and O–H groups in total. The second kappa shape index (κ2) is 7.25. The number of ether oxygens (including phenoxy) is 2. The maximum Gasteiger partial charge on any atom is 1.00 e. The first-order valence-electron chi connectivity index (χ1n) is 8.47. The third-order valence-corrected chi connectivity index (χ3v) is 5.24. The van der Waals surface area contributed by atoms with Gasteiger partial charge in [0.1, 0.15) is 5.60 Å². The first kappa shape index (κ1) is 22.0. The standard InChI is InChI=1S/C15H25BF3N2O3.K/c1-13(2,3)24-12(22)21-6-4-20(5-7-21)10-15-8-14(9-15,11-23-15)16(17,18)19;/h4-11H2,1-3H3;/q-1;+1. The maximum absolute atomic E-state index is 13.1. The third-order valence-electron chi connectivity index (χ3n) is 5.24. The van der Waals surface area contributed by atoms with E-state index in [1.807, 2.05) is 20.8 Å². The molecule has 138 valence electrons. The van der Waals surface area contributed by atoms with Gasteiger partial charge in [-0.15, -0.1) is 0 Å². The molecule has 1 amide bonds. The van der Waals surface area contributed by atoms with Crippen LogP contribution in [0, 0.1) is 0 Å². The molecule has 4 aliphatic rings. The molecule has 3 aliphatic heterocycles. The number of nitrogens with zero attached hydrogens (tertiary/aromatic N) is 2. The fraction of sp³-hybridized carbons (Fsp3) is 0.933. The molecule has 2 bridgehead atoms. The predicted octanol–water partition coefficient (Wildman–Crippen LogP) is -0.306. The Hall–Kier alpha value is 0.681. The van der Waals surface area contributed by atoms with Crippen molar-refractivity contribution >= 4 is 13.1 Å². The largest absolute Gasteiger partial charge is 1.00 e. The van der Waals surface area contributed by atoms with Crippen LogP contribution in [-0.2, 0) is 9.47 Å². The average Bonchev–Trinajstić information content (AvgIpc) is 2.93. The second-order valence-electron chi connectivity index (χ2n) is 8.51. The molecule has 4 fully saturated rings. The molecule has 0 radical (unpaired) electrons. The Kier molecular flexibility index (Phi) is 6.38. The first-order chi connectivity index (χ1) is 10.9. The molecule has 3 heterocycles. The van der Waals surface area contributed by atoms with Crippen LogP contribution in [0.1, 0.15) is 33.6 Å². The van der Waals surface area contributed by atoms with Crippen molar-refractivity contribution in [3.05, 3.63) is 0 Å². The van der Waals surface area contributed by atoms with Gasteiger partial charge in [-0.05, 0) is 38.9 Å². The molecule has 0 atom stereocenters. The number of hydrogen-bond donors (Lipinski definition) is 0. The van der Waals surface area contributed by atoms with Crippen LogP contribution >= 0.6 is 0 Å². The Morgan fingerprint density at radius 3 is 2.16 bits per heavy atom. The van der Waals surface area contributed by atoms with Gasteiger partial charge in [-0.25, -0.2) is 4.79 Å². The van der Waals surface area contributed by atoms with E-state index in [9.17, 15) is 17.7 Å². The zero-order chi connectivity index (χ0) is 17.8. The van der Waals surface area contributed by atoms with Gasteiger partial charge in [-0.2, -0.15) is 0 Å². The van der Waals surface area contributed by atoms with Gasteiger partial charge in [0.15, 0.2) is 0 Å².